The van der Waals surface area contributed by atoms with Crippen molar-refractivity contribution in [3.63, 3.8) is 0 Å². The van der Waals surface area contributed by atoms with Crippen molar-refractivity contribution >= 4 is 17.7 Å². The lowest BCUT2D eigenvalue weighted by Crippen LogP contribution is -2.60. The molecule has 14 nitrogen and oxygen atoms in total. The van der Waals surface area contributed by atoms with Crippen molar-refractivity contribution in [2.75, 3.05) is 40.9 Å². The maximum Gasteiger partial charge on any atom is 0.316 e. The maximum atomic E-state index is 14.2. The van der Waals surface area contributed by atoms with Crippen LogP contribution in [0.5, 0.6) is 5.75 Å². The highest BCUT2D eigenvalue weighted by Crippen LogP contribution is 2.37. The fraction of sp³-hybridized carbons (Fsp3) is 0.795. The van der Waals surface area contributed by atoms with Gasteiger partial charge >= 0.3 is 11.9 Å². The van der Waals surface area contributed by atoms with Gasteiger partial charge in [-0.05, 0) is 132 Å². The number of Topliss-reactive ketones (excluding diaryl/α,β-unsaturated/α-hetero) is 1. The molecule has 1 aromatic carbocycles. The number of hydrogen-bond acceptors (Lipinski definition) is 14. The lowest BCUT2D eigenvalue weighted by molar-refractivity contribution is -0.297. The minimum absolute atomic E-state index is 0.123. The standard InChI is InChI=1S/C44H74N2O12/c1-25-16-17-27(3)33(20-25)54-19-15-18-42(8,9)41(51)57-36-32(45(12)13)21-28(4)55-40(36)58-38-29(5)35(48)30(6)39(50)56-34(24-47)44(11,53)37(49)31(7)46(14)23-26(2)22-43(38,10)52/h16-17,20,26,28-32,34,36-38,40,47,49,52-53H,15,18-19,21-24H2,1-14H3/t26-,28-,29+,30-,31-,32+,34-,36-,37-,38-,40+,43-,44-/m1/s1. The van der Waals surface area contributed by atoms with Crippen molar-refractivity contribution in [1.29, 1.82) is 0 Å². The zero-order valence-corrected chi connectivity index (χ0v) is 37.5. The Morgan fingerprint density at radius 2 is 1.71 bits per heavy atom. The number of aliphatic hydroxyl groups is 4. The molecule has 0 spiro atoms. The Kier molecular flexibility index (Phi) is 17.3. The first kappa shape index (κ1) is 49.7. The van der Waals surface area contributed by atoms with Crippen molar-refractivity contribution in [1.82, 2.24) is 9.80 Å². The van der Waals surface area contributed by atoms with Gasteiger partial charge in [0.25, 0.3) is 0 Å². The van der Waals surface area contributed by atoms with E-state index in [1.165, 1.54) is 13.8 Å². The number of hydrogen-bond donors (Lipinski definition) is 4. The molecule has 0 unspecified atom stereocenters. The molecule has 58 heavy (non-hydrogen) atoms. The van der Waals surface area contributed by atoms with Crippen LogP contribution in [0.25, 0.3) is 0 Å². The van der Waals surface area contributed by atoms with Crippen LogP contribution in [0.2, 0.25) is 0 Å². The van der Waals surface area contributed by atoms with Gasteiger partial charge in [-0.25, -0.2) is 0 Å². The minimum atomic E-state index is -2.07. The summed E-state index contributed by atoms with van der Waals surface area (Å²) in [4.78, 5) is 45.5. The monoisotopic (exact) mass is 823 g/mol. The molecule has 1 aromatic rings. The predicted octanol–water partition coefficient (Wildman–Crippen LogP) is 3.82. The molecule has 0 saturated carbocycles. The van der Waals surface area contributed by atoms with E-state index in [-0.39, 0.29) is 24.5 Å². The van der Waals surface area contributed by atoms with Gasteiger partial charge in [0.05, 0.1) is 42.5 Å². The molecule has 2 aliphatic heterocycles. The minimum Gasteiger partial charge on any atom is -0.493 e. The van der Waals surface area contributed by atoms with Crippen LogP contribution in [0.4, 0.5) is 0 Å². The molecule has 3 rings (SSSR count). The number of carbonyl (C=O) groups is 3. The second kappa shape index (κ2) is 20.2. The smallest absolute Gasteiger partial charge is 0.316 e. The van der Waals surface area contributed by atoms with Crippen molar-refractivity contribution in [2.45, 2.75) is 162 Å². The van der Waals surface area contributed by atoms with Crippen LogP contribution in [0.1, 0.15) is 99.1 Å². The highest BCUT2D eigenvalue weighted by Gasteiger charge is 2.51. The molecule has 0 aromatic heterocycles. The first-order chi connectivity index (χ1) is 26.7. The second-order valence-electron chi connectivity index (χ2n) is 18.7. The molecule has 0 aliphatic carbocycles. The number of esters is 2. The van der Waals surface area contributed by atoms with Crippen LogP contribution < -0.4 is 4.74 Å². The summed E-state index contributed by atoms with van der Waals surface area (Å²) in [6.07, 6.45) is -5.07. The maximum absolute atomic E-state index is 14.2. The molecular formula is C44H74N2O12. The van der Waals surface area contributed by atoms with E-state index in [1.807, 2.05) is 83.6 Å². The Morgan fingerprint density at radius 3 is 2.31 bits per heavy atom. The number of aliphatic hydroxyl groups excluding tert-OH is 2. The van der Waals surface area contributed by atoms with E-state index >= 15 is 0 Å². The van der Waals surface area contributed by atoms with E-state index < -0.39 is 89.5 Å². The van der Waals surface area contributed by atoms with E-state index in [2.05, 4.69) is 0 Å². The normalized spacial score (nSPS) is 36.5. The van der Waals surface area contributed by atoms with Crippen molar-refractivity contribution in [3.05, 3.63) is 29.3 Å². The SMILES string of the molecule is Cc1ccc(C)c(OCCCC(C)(C)C(=O)O[C@H]2[C@H](O[C@@H]3[C@@H](C)C(=O)[C@@H](C)C(=O)O[C@H](CO)[C@@](C)(O)[C@H](O)[C@@H](C)N(C)C[C@H](C)C[C@@]3(C)O)O[C@H](C)C[C@@H]2N(C)C)c1. The third-order valence-corrected chi connectivity index (χ3v) is 12.4. The summed E-state index contributed by atoms with van der Waals surface area (Å²) in [6, 6.07) is 5.02. The summed E-state index contributed by atoms with van der Waals surface area (Å²) in [5.74, 6) is -4.05. The number of nitrogens with zero attached hydrogens (tertiary/aromatic N) is 2. The lowest BCUT2D eigenvalue weighted by Gasteiger charge is -2.47. The third kappa shape index (κ3) is 12.2. The molecule has 332 valence electrons. The first-order valence-corrected chi connectivity index (χ1v) is 20.8. The van der Waals surface area contributed by atoms with Gasteiger partial charge in [0.1, 0.15) is 23.4 Å². The van der Waals surface area contributed by atoms with Gasteiger partial charge in [0, 0.05) is 18.5 Å². The summed E-state index contributed by atoms with van der Waals surface area (Å²) >= 11 is 0. The van der Waals surface area contributed by atoms with Gasteiger partial charge in [-0.3, -0.25) is 14.4 Å². The van der Waals surface area contributed by atoms with E-state index in [4.69, 9.17) is 23.7 Å². The van der Waals surface area contributed by atoms with E-state index in [9.17, 15) is 34.8 Å². The second-order valence-corrected chi connectivity index (χ2v) is 18.7. The Labute approximate surface area is 346 Å². The van der Waals surface area contributed by atoms with Crippen LogP contribution in [-0.4, -0.2) is 149 Å². The number of rotatable bonds is 11. The Bertz CT molecular complexity index is 1530. The molecule has 2 aliphatic rings. The average molecular weight is 823 g/mol. The van der Waals surface area contributed by atoms with E-state index in [0.717, 1.165) is 16.9 Å². The summed E-state index contributed by atoms with van der Waals surface area (Å²) in [5, 5.41) is 45.2. The van der Waals surface area contributed by atoms with Gasteiger partial charge in [-0.1, -0.05) is 26.0 Å². The third-order valence-electron chi connectivity index (χ3n) is 12.4. The highest BCUT2D eigenvalue weighted by atomic mass is 16.7. The largest absolute Gasteiger partial charge is 0.493 e. The fourth-order valence-electron chi connectivity index (χ4n) is 8.36. The van der Waals surface area contributed by atoms with Crippen molar-refractivity contribution in [2.24, 2.45) is 23.2 Å². The summed E-state index contributed by atoms with van der Waals surface area (Å²) in [6.45, 7) is 18.9. The number of aryl methyl sites for hydroxylation is 2. The Balaban J connectivity index is 1.96. The molecule has 0 radical (unpaired) electrons. The number of carbonyl (C=O) groups excluding carboxylic acids is 3. The van der Waals surface area contributed by atoms with Crippen molar-refractivity contribution < 1.29 is 58.5 Å². The van der Waals surface area contributed by atoms with Gasteiger partial charge in [0.2, 0.25) is 0 Å². The lowest BCUT2D eigenvalue weighted by atomic mass is 9.78. The molecular weight excluding hydrogens is 748 g/mol. The van der Waals surface area contributed by atoms with Gasteiger partial charge in [0.15, 0.2) is 24.3 Å². The molecule has 2 heterocycles. The number of likely N-dealkylation sites (N-methyl/N-ethyl adjacent to an activating group) is 2. The molecule has 2 saturated heterocycles. The number of ether oxygens (including phenoxy) is 5. The number of benzene rings is 1. The molecule has 14 heteroatoms. The Hall–Kier alpha value is -2.69. The molecule has 2 fully saturated rings. The van der Waals surface area contributed by atoms with Crippen LogP contribution in [0.3, 0.4) is 0 Å². The predicted molar refractivity (Wildman–Crippen MR) is 219 cm³/mol. The molecule has 0 amide bonds. The summed E-state index contributed by atoms with van der Waals surface area (Å²) < 4.78 is 31.0. The zero-order chi connectivity index (χ0) is 44.1. The fourth-order valence-corrected chi connectivity index (χ4v) is 8.36. The molecule has 4 N–H and O–H groups in total. The van der Waals surface area contributed by atoms with Gasteiger partial charge in [-0.2, -0.15) is 0 Å². The summed E-state index contributed by atoms with van der Waals surface area (Å²) in [5.41, 5.74) is -2.54. The average Bonchev–Trinajstić information content (AvgIpc) is 3.13. The van der Waals surface area contributed by atoms with Crippen LogP contribution in [-0.2, 0) is 33.3 Å². The zero-order valence-electron chi connectivity index (χ0n) is 37.5. The highest BCUT2D eigenvalue weighted by molar-refractivity contribution is 6.00. The quantitative estimate of drug-likeness (QED) is 0.144. The van der Waals surface area contributed by atoms with Crippen LogP contribution >= 0.6 is 0 Å². The van der Waals surface area contributed by atoms with Crippen LogP contribution in [0.15, 0.2) is 18.2 Å². The topological polar surface area (TPSA) is 185 Å². The summed E-state index contributed by atoms with van der Waals surface area (Å²) in [7, 11) is 5.51. The van der Waals surface area contributed by atoms with Crippen molar-refractivity contribution in [3.8, 4) is 5.75 Å². The number of cyclic esters (lactones) is 1. The van der Waals surface area contributed by atoms with Gasteiger partial charge < -0.3 is 53.9 Å². The molecule has 13 atom stereocenters. The van der Waals surface area contributed by atoms with Crippen LogP contribution in [0, 0.1) is 37.0 Å². The number of ketones is 1. The first-order valence-electron chi connectivity index (χ1n) is 20.8. The van der Waals surface area contributed by atoms with Gasteiger partial charge in [-0.15, -0.1) is 0 Å². The molecule has 0 bridgehead atoms. The Morgan fingerprint density at radius 1 is 1.07 bits per heavy atom. The van der Waals surface area contributed by atoms with E-state index in [1.54, 1.807) is 27.8 Å². The van der Waals surface area contributed by atoms with E-state index in [0.29, 0.717) is 32.4 Å².